The maximum Gasteiger partial charge on any atom is 0.0870 e. The second kappa shape index (κ2) is 4.79. The second-order valence-electron chi connectivity index (χ2n) is 5.30. The van der Waals surface area contributed by atoms with Crippen molar-refractivity contribution < 1.29 is 4.74 Å². The predicted octanol–water partition coefficient (Wildman–Crippen LogP) is 3.26. The molecule has 1 aromatic carbocycles. The van der Waals surface area contributed by atoms with Gasteiger partial charge in [-0.05, 0) is 43.4 Å². The Balaban J connectivity index is 2.29. The lowest BCUT2D eigenvalue weighted by Gasteiger charge is -2.34. The van der Waals surface area contributed by atoms with Crippen LogP contribution in [0.3, 0.4) is 0 Å². The van der Waals surface area contributed by atoms with Gasteiger partial charge in [-0.15, -0.1) is 0 Å². The average Bonchev–Trinajstić information content (AvgIpc) is 2.81. The van der Waals surface area contributed by atoms with Gasteiger partial charge in [-0.1, -0.05) is 31.0 Å². The molecule has 2 nitrogen and oxygen atoms in total. The van der Waals surface area contributed by atoms with Gasteiger partial charge in [0.05, 0.1) is 11.6 Å². The van der Waals surface area contributed by atoms with E-state index in [1.165, 1.54) is 29.5 Å². The summed E-state index contributed by atoms with van der Waals surface area (Å²) in [4.78, 5) is 0. The summed E-state index contributed by atoms with van der Waals surface area (Å²) in [5.41, 5.74) is 10.1. The number of nitrogens with two attached hydrogens (primary N) is 1. The fourth-order valence-corrected chi connectivity index (χ4v) is 2.88. The van der Waals surface area contributed by atoms with Gasteiger partial charge in [0, 0.05) is 7.11 Å². The van der Waals surface area contributed by atoms with Crippen molar-refractivity contribution in [2.75, 3.05) is 7.11 Å². The van der Waals surface area contributed by atoms with E-state index < -0.39 is 0 Å². The first kappa shape index (κ1) is 12.6. The van der Waals surface area contributed by atoms with Crippen molar-refractivity contribution in [3.8, 4) is 0 Å². The number of aryl methyl sites for hydroxylation is 2. The molecule has 1 fully saturated rings. The zero-order valence-electron chi connectivity index (χ0n) is 11.1. The van der Waals surface area contributed by atoms with Crippen molar-refractivity contribution in [1.82, 2.24) is 0 Å². The van der Waals surface area contributed by atoms with Crippen molar-refractivity contribution in [3.63, 3.8) is 0 Å². The van der Waals surface area contributed by atoms with Crippen molar-refractivity contribution >= 4 is 0 Å². The molecule has 0 radical (unpaired) electrons. The summed E-state index contributed by atoms with van der Waals surface area (Å²) in [5.74, 6) is 0. The molecule has 94 valence electrons. The van der Waals surface area contributed by atoms with Crippen LogP contribution in [0.4, 0.5) is 0 Å². The molecule has 1 atom stereocenters. The van der Waals surface area contributed by atoms with Crippen LogP contribution in [0.2, 0.25) is 0 Å². The molecule has 1 aromatic rings. The number of methoxy groups -OCH3 is 1. The summed E-state index contributed by atoms with van der Waals surface area (Å²) in [5, 5.41) is 0. The van der Waals surface area contributed by atoms with Gasteiger partial charge in [-0.3, -0.25) is 0 Å². The molecule has 0 saturated heterocycles. The van der Waals surface area contributed by atoms with Crippen LogP contribution in [-0.2, 0) is 4.74 Å². The highest BCUT2D eigenvalue weighted by Gasteiger charge is 2.40. The van der Waals surface area contributed by atoms with Gasteiger partial charge in [0.25, 0.3) is 0 Å². The monoisotopic (exact) mass is 233 g/mol. The van der Waals surface area contributed by atoms with Crippen LogP contribution >= 0.6 is 0 Å². The van der Waals surface area contributed by atoms with Gasteiger partial charge in [0.15, 0.2) is 0 Å². The zero-order valence-corrected chi connectivity index (χ0v) is 11.1. The fraction of sp³-hybridized carbons (Fsp3) is 0.600. The maximum absolute atomic E-state index is 6.44. The lowest BCUT2D eigenvalue weighted by molar-refractivity contribution is -0.0264. The molecular weight excluding hydrogens is 210 g/mol. The van der Waals surface area contributed by atoms with Crippen LogP contribution in [0.25, 0.3) is 0 Å². The van der Waals surface area contributed by atoms with E-state index in [2.05, 4.69) is 32.0 Å². The first-order chi connectivity index (χ1) is 8.09. The molecule has 0 bridgehead atoms. The Morgan fingerprint density at radius 1 is 1.18 bits per heavy atom. The van der Waals surface area contributed by atoms with E-state index in [9.17, 15) is 0 Å². The minimum Gasteiger partial charge on any atom is -0.376 e. The average molecular weight is 233 g/mol. The SMILES string of the molecule is COC1(C(N)c2ccc(C)c(C)c2)CCCC1. The highest BCUT2D eigenvalue weighted by molar-refractivity contribution is 5.33. The molecule has 0 spiro atoms. The number of hydrogen-bond donors (Lipinski definition) is 1. The van der Waals surface area contributed by atoms with Crippen LogP contribution < -0.4 is 5.73 Å². The fourth-order valence-electron chi connectivity index (χ4n) is 2.88. The highest BCUT2D eigenvalue weighted by atomic mass is 16.5. The predicted molar refractivity (Wildman–Crippen MR) is 71.1 cm³/mol. The molecule has 1 unspecified atom stereocenters. The Morgan fingerprint density at radius 3 is 2.35 bits per heavy atom. The quantitative estimate of drug-likeness (QED) is 0.869. The molecule has 2 N–H and O–H groups in total. The van der Waals surface area contributed by atoms with Crippen LogP contribution in [0.5, 0.6) is 0 Å². The van der Waals surface area contributed by atoms with Crippen LogP contribution in [0.15, 0.2) is 18.2 Å². The van der Waals surface area contributed by atoms with E-state index in [0.717, 1.165) is 12.8 Å². The van der Waals surface area contributed by atoms with Crippen molar-refractivity contribution in [2.24, 2.45) is 5.73 Å². The van der Waals surface area contributed by atoms with Crippen molar-refractivity contribution in [2.45, 2.75) is 51.2 Å². The third-order valence-corrected chi connectivity index (χ3v) is 4.31. The van der Waals surface area contributed by atoms with Gasteiger partial charge >= 0.3 is 0 Å². The largest absolute Gasteiger partial charge is 0.376 e. The number of benzene rings is 1. The third-order valence-electron chi connectivity index (χ3n) is 4.31. The Morgan fingerprint density at radius 2 is 1.82 bits per heavy atom. The molecule has 1 saturated carbocycles. The minimum atomic E-state index is -0.137. The van der Waals surface area contributed by atoms with E-state index in [1.54, 1.807) is 7.11 Å². The molecule has 17 heavy (non-hydrogen) atoms. The summed E-state index contributed by atoms with van der Waals surface area (Å²) in [6.07, 6.45) is 4.62. The molecule has 2 rings (SSSR count). The van der Waals surface area contributed by atoms with E-state index >= 15 is 0 Å². The van der Waals surface area contributed by atoms with Gasteiger partial charge in [0.1, 0.15) is 0 Å². The molecule has 1 aliphatic carbocycles. The van der Waals surface area contributed by atoms with Gasteiger partial charge in [-0.25, -0.2) is 0 Å². The molecule has 1 aliphatic rings. The van der Waals surface area contributed by atoms with E-state index in [1.807, 2.05) is 0 Å². The first-order valence-corrected chi connectivity index (χ1v) is 6.47. The molecular formula is C15H23NO. The normalized spacial score (nSPS) is 20.5. The Labute approximate surface area is 104 Å². The summed E-state index contributed by atoms with van der Waals surface area (Å²) >= 11 is 0. The Bertz CT molecular complexity index is 394. The summed E-state index contributed by atoms with van der Waals surface area (Å²) in [6.45, 7) is 4.27. The molecule has 0 amide bonds. The lowest BCUT2D eigenvalue weighted by Crippen LogP contribution is -2.40. The van der Waals surface area contributed by atoms with Gasteiger partial charge in [0.2, 0.25) is 0 Å². The molecule has 0 heterocycles. The van der Waals surface area contributed by atoms with Gasteiger partial charge < -0.3 is 10.5 Å². The van der Waals surface area contributed by atoms with Crippen molar-refractivity contribution in [3.05, 3.63) is 34.9 Å². The molecule has 0 aromatic heterocycles. The Hall–Kier alpha value is -0.860. The van der Waals surface area contributed by atoms with Crippen LogP contribution in [0.1, 0.15) is 48.4 Å². The summed E-state index contributed by atoms with van der Waals surface area (Å²) in [6, 6.07) is 6.50. The molecule has 0 aliphatic heterocycles. The van der Waals surface area contributed by atoms with E-state index in [0.29, 0.717) is 0 Å². The Kier molecular flexibility index (Phi) is 3.55. The number of hydrogen-bond acceptors (Lipinski definition) is 2. The van der Waals surface area contributed by atoms with Crippen LogP contribution in [-0.4, -0.2) is 12.7 Å². The summed E-state index contributed by atoms with van der Waals surface area (Å²) < 4.78 is 5.76. The number of ether oxygens (including phenoxy) is 1. The van der Waals surface area contributed by atoms with E-state index in [-0.39, 0.29) is 11.6 Å². The topological polar surface area (TPSA) is 35.2 Å². The smallest absolute Gasteiger partial charge is 0.0870 e. The van der Waals surface area contributed by atoms with Crippen molar-refractivity contribution in [1.29, 1.82) is 0 Å². The minimum absolute atomic E-state index is 0.00528. The first-order valence-electron chi connectivity index (χ1n) is 6.47. The van der Waals surface area contributed by atoms with Gasteiger partial charge in [-0.2, -0.15) is 0 Å². The second-order valence-corrected chi connectivity index (χ2v) is 5.30. The van der Waals surface area contributed by atoms with Crippen LogP contribution in [0, 0.1) is 13.8 Å². The standard InChI is InChI=1S/C15H23NO/c1-11-6-7-13(10-12(11)2)14(16)15(17-3)8-4-5-9-15/h6-7,10,14H,4-5,8-9,16H2,1-3H3. The maximum atomic E-state index is 6.44. The van der Waals surface area contributed by atoms with E-state index in [4.69, 9.17) is 10.5 Å². The molecule has 2 heteroatoms. The highest BCUT2D eigenvalue weighted by Crippen LogP contribution is 2.41. The lowest BCUT2D eigenvalue weighted by atomic mass is 9.86. The summed E-state index contributed by atoms with van der Waals surface area (Å²) in [7, 11) is 1.80. The number of rotatable bonds is 3. The zero-order chi connectivity index (χ0) is 12.5. The third kappa shape index (κ3) is 2.24.